The second-order valence-corrected chi connectivity index (χ2v) is 11.9. The first kappa shape index (κ1) is 26.1. The van der Waals surface area contributed by atoms with Crippen LogP contribution < -0.4 is 11.0 Å². The number of nitrogens with one attached hydrogen (secondary N) is 1. The average molecular weight is 536 g/mol. The number of ether oxygens (including phenoxy) is 2. The molecule has 0 aromatic carbocycles. The van der Waals surface area contributed by atoms with Gasteiger partial charge in [0.1, 0.15) is 35.8 Å². The first-order valence-electron chi connectivity index (χ1n) is 13.8. The Kier molecular flexibility index (Phi) is 7.21. The lowest BCUT2D eigenvalue weighted by Gasteiger charge is -2.42. The predicted octanol–water partition coefficient (Wildman–Crippen LogP) is 1.63. The highest BCUT2D eigenvalue weighted by molar-refractivity contribution is 5.83. The zero-order valence-electron chi connectivity index (χ0n) is 21.3. The van der Waals surface area contributed by atoms with Gasteiger partial charge >= 0.3 is 11.8 Å². The summed E-state index contributed by atoms with van der Waals surface area (Å²) in [6.07, 6.45) is 5.30. The third-order valence-electron chi connectivity index (χ3n) is 9.10. The SMILES string of the molecule is O=C(Nc1ccn([C@@H]2O[C@H](CO)[C@@H](O)[C@@H]2O)c(=O)n1)OC1CCC[C@]2(CC3CC4CC(C3)CC(C4)OO2)C1. The molecule has 3 saturated carbocycles. The molecule has 6 fully saturated rings. The normalized spacial score (nSPS) is 42.4. The highest BCUT2D eigenvalue weighted by atomic mass is 17.2. The number of hydrogen-bond donors (Lipinski definition) is 4. The van der Waals surface area contributed by atoms with Crippen molar-refractivity contribution in [3.63, 3.8) is 0 Å². The van der Waals surface area contributed by atoms with Crippen LogP contribution >= 0.6 is 0 Å². The average Bonchev–Trinajstić information content (AvgIpc) is 3.19. The summed E-state index contributed by atoms with van der Waals surface area (Å²) >= 11 is 0. The Labute approximate surface area is 220 Å². The number of carbonyl (C=O) groups is 1. The van der Waals surface area contributed by atoms with E-state index < -0.39 is 48.5 Å². The molecule has 1 aromatic rings. The van der Waals surface area contributed by atoms with E-state index in [1.54, 1.807) is 0 Å². The van der Waals surface area contributed by atoms with Gasteiger partial charge in [-0.2, -0.15) is 4.98 Å². The van der Waals surface area contributed by atoms with Gasteiger partial charge in [-0.3, -0.25) is 9.88 Å². The van der Waals surface area contributed by atoms with Gasteiger partial charge in [-0.1, -0.05) is 0 Å². The van der Waals surface area contributed by atoms with Crippen LogP contribution in [0.15, 0.2) is 17.1 Å². The minimum absolute atomic E-state index is 0.0106. The molecule has 1 aromatic heterocycles. The van der Waals surface area contributed by atoms with Gasteiger partial charge in [-0.15, -0.1) is 0 Å². The van der Waals surface area contributed by atoms with Gasteiger partial charge in [0.2, 0.25) is 0 Å². The molecule has 7 rings (SSSR count). The van der Waals surface area contributed by atoms with Crippen molar-refractivity contribution in [2.75, 3.05) is 11.9 Å². The van der Waals surface area contributed by atoms with Gasteiger partial charge in [0.25, 0.3) is 0 Å². The fourth-order valence-electron chi connectivity index (χ4n) is 7.61. The summed E-state index contributed by atoms with van der Waals surface area (Å²) in [4.78, 5) is 41.3. The van der Waals surface area contributed by atoms with E-state index in [0.29, 0.717) is 12.3 Å². The molecule has 210 valence electrons. The molecule has 1 spiro atoms. The van der Waals surface area contributed by atoms with Crippen LogP contribution in [0.2, 0.25) is 0 Å². The van der Waals surface area contributed by atoms with Gasteiger partial charge < -0.3 is 24.8 Å². The fraction of sp³-hybridized carbons (Fsp3) is 0.808. The summed E-state index contributed by atoms with van der Waals surface area (Å²) in [6, 6.07) is 1.38. The Morgan fingerprint density at radius 2 is 1.89 bits per heavy atom. The molecule has 6 aliphatic rings. The van der Waals surface area contributed by atoms with Crippen molar-refractivity contribution in [1.82, 2.24) is 9.55 Å². The van der Waals surface area contributed by atoms with Crippen LogP contribution in [0.5, 0.6) is 0 Å². The lowest BCUT2D eigenvalue weighted by Crippen LogP contribution is -2.43. The van der Waals surface area contributed by atoms with Crippen LogP contribution in [0, 0.1) is 17.8 Å². The molecule has 3 unspecified atom stereocenters. The molecule has 4 bridgehead atoms. The van der Waals surface area contributed by atoms with Crippen molar-refractivity contribution < 1.29 is 39.4 Å². The molecule has 3 aliphatic carbocycles. The van der Waals surface area contributed by atoms with E-state index in [0.717, 1.165) is 54.9 Å². The lowest BCUT2D eigenvalue weighted by molar-refractivity contribution is -0.396. The summed E-state index contributed by atoms with van der Waals surface area (Å²) in [6.45, 7) is -0.510. The van der Waals surface area contributed by atoms with Crippen molar-refractivity contribution in [3.8, 4) is 0 Å². The van der Waals surface area contributed by atoms with Gasteiger partial charge in [0.15, 0.2) is 6.23 Å². The quantitative estimate of drug-likeness (QED) is 0.417. The van der Waals surface area contributed by atoms with Crippen molar-refractivity contribution in [2.24, 2.45) is 17.8 Å². The van der Waals surface area contributed by atoms with Gasteiger partial charge in [-0.05, 0) is 81.6 Å². The van der Waals surface area contributed by atoms with E-state index in [9.17, 15) is 24.9 Å². The number of aliphatic hydroxyl groups is 3. The van der Waals surface area contributed by atoms with E-state index in [-0.39, 0.29) is 18.0 Å². The van der Waals surface area contributed by atoms with Gasteiger partial charge in [0, 0.05) is 12.6 Å². The third-order valence-corrected chi connectivity index (χ3v) is 9.10. The molecule has 4 heterocycles. The Bertz CT molecular complexity index is 1070. The molecular formula is C26H37N3O9. The van der Waals surface area contributed by atoms with Crippen LogP contribution in [0.4, 0.5) is 10.6 Å². The van der Waals surface area contributed by atoms with E-state index in [1.165, 1.54) is 31.5 Å². The number of nitrogens with zero attached hydrogens (tertiary/aromatic N) is 2. The highest BCUT2D eigenvalue weighted by Crippen LogP contribution is 2.50. The summed E-state index contributed by atoms with van der Waals surface area (Å²) in [5.41, 5.74) is -1.25. The summed E-state index contributed by atoms with van der Waals surface area (Å²) in [5.74, 6) is 2.06. The minimum atomic E-state index is -1.41. The fourth-order valence-corrected chi connectivity index (χ4v) is 7.61. The topological polar surface area (TPSA) is 162 Å². The zero-order valence-corrected chi connectivity index (χ0v) is 21.3. The van der Waals surface area contributed by atoms with E-state index in [4.69, 9.17) is 19.2 Å². The second kappa shape index (κ2) is 10.5. The zero-order chi connectivity index (χ0) is 26.4. The van der Waals surface area contributed by atoms with E-state index >= 15 is 0 Å². The largest absolute Gasteiger partial charge is 0.446 e. The molecule has 1 amide bonds. The Hall–Kier alpha value is -2.09. The first-order chi connectivity index (χ1) is 18.3. The van der Waals surface area contributed by atoms with Crippen molar-refractivity contribution in [3.05, 3.63) is 22.7 Å². The van der Waals surface area contributed by atoms with Crippen molar-refractivity contribution in [1.29, 1.82) is 0 Å². The summed E-state index contributed by atoms with van der Waals surface area (Å²) < 4.78 is 12.1. The molecule has 12 nitrogen and oxygen atoms in total. The third kappa shape index (κ3) is 5.22. The number of anilines is 1. The Balaban J connectivity index is 1.08. The number of fused-ring (bicyclic) bond motifs is 1. The van der Waals surface area contributed by atoms with E-state index in [2.05, 4.69) is 10.3 Å². The molecule has 3 saturated heterocycles. The Morgan fingerprint density at radius 1 is 1.13 bits per heavy atom. The molecule has 12 heteroatoms. The maximum absolute atomic E-state index is 12.7. The Morgan fingerprint density at radius 3 is 2.61 bits per heavy atom. The number of carbonyl (C=O) groups excluding carboxylic acids is 1. The standard InChI is InChI=1S/C26H37N3O9/c30-13-19-21(31)22(32)23(36-19)29-5-3-20(27-24(29)33)28-25(34)35-17-2-1-4-26(12-17)11-16-7-14-6-15(8-16)10-18(9-14)37-38-26/h3,5,14-19,21-23,30-32H,1-2,4,6-13H2,(H,27,28,33,34)/t14?,15?,16?,17?,18?,19-,21-,22+,23-,26+/m1/s1. The van der Waals surface area contributed by atoms with Crippen LogP contribution in [0.3, 0.4) is 0 Å². The molecule has 3 aliphatic heterocycles. The summed E-state index contributed by atoms with van der Waals surface area (Å²) in [7, 11) is 0. The number of aliphatic hydroxyl groups excluding tert-OH is 3. The monoisotopic (exact) mass is 535 g/mol. The van der Waals surface area contributed by atoms with Crippen LogP contribution in [0.25, 0.3) is 0 Å². The molecule has 0 radical (unpaired) electrons. The maximum atomic E-state index is 12.7. The molecular weight excluding hydrogens is 498 g/mol. The van der Waals surface area contributed by atoms with Crippen molar-refractivity contribution >= 4 is 11.9 Å². The highest BCUT2D eigenvalue weighted by Gasteiger charge is 2.48. The van der Waals surface area contributed by atoms with Gasteiger partial charge in [-0.25, -0.2) is 19.4 Å². The van der Waals surface area contributed by atoms with E-state index in [1.807, 2.05) is 0 Å². The molecule has 8 atom stereocenters. The predicted molar refractivity (Wildman–Crippen MR) is 131 cm³/mol. The van der Waals surface area contributed by atoms with Crippen LogP contribution in [-0.4, -0.2) is 73.7 Å². The number of hydrogen-bond acceptors (Lipinski definition) is 10. The van der Waals surface area contributed by atoms with Crippen molar-refractivity contribution in [2.45, 2.75) is 107 Å². The first-order valence-corrected chi connectivity index (χ1v) is 13.8. The van der Waals surface area contributed by atoms with Gasteiger partial charge in [0.05, 0.1) is 12.7 Å². The number of rotatable bonds is 4. The second-order valence-electron chi connectivity index (χ2n) is 11.9. The van der Waals surface area contributed by atoms with Crippen LogP contribution in [-0.2, 0) is 19.2 Å². The smallest absolute Gasteiger partial charge is 0.413 e. The summed E-state index contributed by atoms with van der Waals surface area (Å²) in [5, 5.41) is 31.9. The maximum Gasteiger partial charge on any atom is 0.413 e. The molecule has 38 heavy (non-hydrogen) atoms. The lowest BCUT2D eigenvalue weighted by atomic mass is 9.64. The number of amides is 1. The molecule has 4 N–H and O–H groups in total. The van der Waals surface area contributed by atoms with Crippen LogP contribution in [0.1, 0.15) is 70.4 Å². The number of aromatic nitrogens is 2. The minimum Gasteiger partial charge on any atom is -0.446 e.